The van der Waals surface area contributed by atoms with E-state index in [1.165, 1.54) is 0 Å². The first-order valence-electron chi connectivity index (χ1n) is 13.7. The second-order valence-corrected chi connectivity index (χ2v) is 11.3. The van der Waals surface area contributed by atoms with Gasteiger partial charge in [-0.2, -0.15) is 0 Å². The molecule has 3 heterocycles. The van der Waals surface area contributed by atoms with Crippen molar-refractivity contribution < 1.29 is 9.53 Å². The van der Waals surface area contributed by atoms with Gasteiger partial charge in [-0.1, -0.05) is 38.1 Å². The minimum atomic E-state index is 0.0478. The number of carbonyl (C=O) groups is 1. The summed E-state index contributed by atoms with van der Waals surface area (Å²) in [5.74, 6) is 1.88. The molecule has 8 heteroatoms. The first-order valence-corrected chi connectivity index (χ1v) is 13.7. The van der Waals surface area contributed by atoms with Gasteiger partial charge in [0.2, 0.25) is 17.7 Å². The third-order valence-corrected chi connectivity index (χ3v) is 7.83. The molecule has 3 N–H and O–H groups in total. The highest BCUT2D eigenvalue weighted by Crippen LogP contribution is 2.52. The molecule has 2 atom stereocenters. The molecule has 0 spiro atoms. The highest BCUT2D eigenvalue weighted by Gasteiger charge is 2.50. The van der Waals surface area contributed by atoms with E-state index in [2.05, 4.69) is 39.8 Å². The van der Waals surface area contributed by atoms with Gasteiger partial charge in [0.15, 0.2) is 0 Å². The fourth-order valence-electron chi connectivity index (χ4n) is 5.32. The number of amides is 1. The molecule has 1 aliphatic heterocycles. The molecule has 0 radical (unpaired) electrons. The number of hydrogen-bond donors (Lipinski definition) is 3. The van der Waals surface area contributed by atoms with Crippen LogP contribution in [0, 0.1) is 18.3 Å². The van der Waals surface area contributed by atoms with Gasteiger partial charge in [0.1, 0.15) is 5.75 Å². The molecule has 0 unspecified atom stereocenters. The lowest BCUT2D eigenvalue weighted by molar-refractivity contribution is -0.117. The molecule has 200 valence electrons. The summed E-state index contributed by atoms with van der Waals surface area (Å²) < 4.78 is 6.54. The molecule has 8 nitrogen and oxygen atoms in total. The summed E-state index contributed by atoms with van der Waals surface area (Å²) in [6.45, 7) is 8.22. The molecule has 2 fully saturated rings. The molecule has 2 aromatic carbocycles. The zero-order chi connectivity index (χ0) is 27.0. The van der Waals surface area contributed by atoms with Gasteiger partial charge in [0.05, 0.1) is 11.3 Å². The lowest BCUT2D eigenvalue weighted by Gasteiger charge is -2.23. The van der Waals surface area contributed by atoms with Crippen molar-refractivity contribution in [1.29, 1.82) is 0 Å². The zero-order valence-corrected chi connectivity index (χ0v) is 22.6. The number of fused-ring (bicyclic) bond motifs is 1. The predicted molar refractivity (Wildman–Crippen MR) is 154 cm³/mol. The van der Waals surface area contributed by atoms with Gasteiger partial charge in [-0.25, -0.2) is 15.0 Å². The van der Waals surface area contributed by atoms with Gasteiger partial charge in [-0.3, -0.25) is 4.79 Å². The van der Waals surface area contributed by atoms with Crippen LogP contribution in [0.15, 0.2) is 60.9 Å². The van der Waals surface area contributed by atoms with Crippen molar-refractivity contribution >= 4 is 28.3 Å². The fraction of sp³-hybridized carbons (Fsp3) is 0.355. The SMILES string of the molecule is Cc1ccc2c(NC(=O)[C@H]3CC3(C)C)cccc2c1Oc1ncccc1-c1ccnc(N[C@H]2CCCNC2)n1. The Morgan fingerprint density at radius 3 is 2.72 bits per heavy atom. The third kappa shape index (κ3) is 5.29. The molecule has 4 aromatic rings. The number of piperidine rings is 1. The van der Waals surface area contributed by atoms with Crippen molar-refractivity contribution in [3.05, 3.63) is 66.5 Å². The van der Waals surface area contributed by atoms with Gasteiger partial charge in [0.25, 0.3) is 0 Å². The van der Waals surface area contributed by atoms with Crippen molar-refractivity contribution in [3.8, 4) is 22.9 Å². The van der Waals surface area contributed by atoms with E-state index >= 15 is 0 Å². The Hall–Kier alpha value is -4.04. The molecule has 2 aromatic heterocycles. The topological polar surface area (TPSA) is 101 Å². The number of ether oxygens (including phenoxy) is 1. The average molecular weight is 523 g/mol. The molecule has 39 heavy (non-hydrogen) atoms. The minimum Gasteiger partial charge on any atom is -0.437 e. The number of aromatic nitrogens is 3. The Kier molecular flexibility index (Phi) is 6.64. The molecular weight excluding hydrogens is 488 g/mol. The third-order valence-electron chi connectivity index (χ3n) is 7.83. The van der Waals surface area contributed by atoms with Crippen molar-refractivity contribution in [2.24, 2.45) is 11.3 Å². The second-order valence-electron chi connectivity index (χ2n) is 11.3. The van der Waals surface area contributed by atoms with Crippen LogP contribution in [0.2, 0.25) is 0 Å². The molecule has 1 saturated heterocycles. The van der Waals surface area contributed by atoms with E-state index in [0.29, 0.717) is 23.6 Å². The monoisotopic (exact) mass is 522 g/mol. The number of anilines is 2. The van der Waals surface area contributed by atoms with Crippen molar-refractivity contribution in [1.82, 2.24) is 20.3 Å². The van der Waals surface area contributed by atoms with E-state index in [4.69, 9.17) is 9.72 Å². The van der Waals surface area contributed by atoms with Crippen LogP contribution in [-0.4, -0.2) is 40.0 Å². The van der Waals surface area contributed by atoms with Crippen LogP contribution in [0.5, 0.6) is 11.6 Å². The van der Waals surface area contributed by atoms with Crippen LogP contribution < -0.4 is 20.7 Å². The number of hydrogen-bond acceptors (Lipinski definition) is 7. The van der Waals surface area contributed by atoms with Gasteiger partial charge >= 0.3 is 0 Å². The number of rotatable bonds is 7. The normalized spacial score (nSPS) is 19.9. The first-order chi connectivity index (χ1) is 18.9. The van der Waals surface area contributed by atoms with Gasteiger partial charge in [-0.05, 0) is 68.0 Å². The lowest BCUT2D eigenvalue weighted by Crippen LogP contribution is -2.38. The summed E-state index contributed by atoms with van der Waals surface area (Å²) in [5, 5.41) is 11.9. The minimum absolute atomic E-state index is 0.0478. The summed E-state index contributed by atoms with van der Waals surface area (Å²) in [5.41, 5.74) is 3.34. The molecule has 1 aliphatic carbocycles. The van der Waals surface area contributed by atoms with Crippen LogP contribution in [0.3, 0.4) is 0 Å². The average Bonchev–Trinajstić information content (AvgIpc) is 3.59. The van der Waals surface area contributed by atoms with E-state index in [-0.39, 0.29) is 17.2 Å². The quantitative estimate of drug-likeness (QED) is 0.276. The van der Waals surface area contributed by atoms with Crippen LogP contribution >= 0.6 is 0 Å². The van der Waals surface area contributed by atoms with Gasteiger partial charge in [0, 0.05) is 47.4 Å². The summed E-state index contributed by atoms with van der Waals surface area (Å²) in [6, 6.07) is 16.0. The van der Waals surface area contributed by atoms with Crippen LogP contribution in [0.25, 0.3) is 22.0 Å². The number of pyridine rings is 1. The zero-order valence-electron chi connectivity index (χ0n) is 22.6. The van der Waals surface area contributed by atoms with E-state index in [0.717, 1.165) is 65.6 Å². The van der Waals surface area contributed by atoms with Gasteiger partial charge < -0.3 is 20.7 Å². The smallest absolute Gasteiger partial charge is 0.228 e. The maximum absolute atomic E-state index is 12.9. The standard InChI is InChI=1S/C31H34N6O2/c1-19-11-12-21-22(8-4-10-25(21)36-28(38)24-17-31(24,2)3)27(19)39-29-23(9-6-15-33-29)26-13-16-34-30(37-26)35-20-7-5-14-32-18-20/h4,6,8-13,15-16,20,24,32H,5,7,14,17-18H2,1-3H3,(H,36,38)(H,34,35,37)/t20-,24+/m0/s1. The molecule has 1 amide bonds. The molecule has 6 rings (SSSR count). The van der Waals surface area contributed by atoms with Crippen molar-refractivity contribution in [2.45, 2.75) is 46.1 Å². The second kappa shape index (κ2) is 10.3. The number of nitrogens with one attached hydrogen (secondary N) is 3. The highest BCUT2D eigenvalue weighted by atomic mass is 16.5. The molecule has 1 saturated carbocycles. The Morgan fingerprint density at radius 2 is 1.92 bits per heavy atom. The Balaban J connectivity index is 1.30. The number of carbonyl (C=O) groups excluding carboxylic acids is 1. The Labute approximate surface area is 228 Å². The summed E-state index contributed by atoms with van der Waals surface area (Å²) in [4.78, 5) is 26.7. The predicted octanol–water partition coefficient (Wildman–Crippen LogP) is 5.94. The maximum atomic E-state index is 12.9. The molecule has 0 bridgehead atoms. The Morgan fingerprint density at radius 1 is 1.05 bits per heavy atom. The van der Waals surface area contributed by atoms with Crippen LogP contribution in [-0.2, 0) is 4.79 Å². The van der Waals surface area contributed by atoms with Crippen molar-refractivity contribution in [2.75, 3.05) is 23.7 Å². The van der Waals surface area contributed by atoms with E-state index in [1.807, 2.05) is 55.5 Å². The van der Waals surface area contributed by atoms with Crippen molar-refractivity contribution in [3.63, 3.8) is 0 Å². The first kappa shape index (κ1) is 25.2. The summed E-state index contributed by atoms with van der Waals surface area (Å²) in [7, 11) is 0. The number of benzene rings is 2. The maximum Gasteiger partial charge on any atom is 0.228 e. The number of nitrogens with zero attached hydrogens (tertiary/aromatic N) is 3. The van der Waals surface area contributed by atoms with Crippen LogP contribution in [0.4, 0.5) is 11.6 Å². The largest absolute Gasteiger partial charge is 0.437 e. The molecular formula is C31H34N6O2. The molecule has 2 aliphatic rings. The fourth-order valence-corrected chi connectivity index (χ4v) is 5.32. The summed E-state index contributed by atoms with van der Waals surface area (Å²) in [6.07, 6.45) is 6.61. The van der Waals surface area contributed by atoms with E-state index in [1.54, 1.807) is 12.4 Å². The Bertz CT molecular complexity index is 1530. The van der Waals surface area contributed by atoms with E-state index in [9.17, 15) is 4.79 Å². The van der Waals surface area contributed by atoms with Gasteiger partial charge in [-0.15, -0.1) is 0 Å². The lowest BCUT2D eigenvalue weighted by atomic mass is 10.0. The highest BCUT2D eigenvalue weighted by molar-refractivity contribution is 6.05. The number of aryl methyl sites for hydroxylation is 1. The summed E-state index contributed by atoms with van der Waals surface area (Å²) >= 11 is 0. The van der Waals surface area contributed by atoms with E-state index < -0.39 is 0 Å². The van der Waals surface area contributed by atoms with Crippen LogP contribution in [0.1, 0.15) is 38.7 Å².